The van der Waals surface area contributed by atoms with E-state index in [4.69, 9.17) is 4.99 Å². The van der Waals surface area contributed by atoms with E-state index in [1.165, 1.54) is 13.0 Å². The molecule has 1 rings (SSSR count). The van der Waals surface area contributed by atoms with Crippen LogP contribution in [0.4, 0.5) is 0 Å². The summed E-state index contributed by atoms with van der Waals surface area (Å²) in [5, 5.41) is 7.10. The van der Waals surface area contributed by atoms with Gasteiger partial charge in [0.05, 0.1) is 6.54 Å². The SMILES string of the molecule is CCNC(=NCC(CC(C)C)N(C)C)NC1CN(C(C)C)CC1C. The Hall–Kier alpha value is -0.810. The Morgan fingerprint density at radius 3 is 2.33 bits per heavy atom. The van der Waals surface area contributed by atoms with Gasteiger partial charge in [-0.15, -0.1) is 0 Å². The van der Waals surface area contributed by atoms with Gasteiger partial charge in [0, 0.05) is 37.8 Å². The highest BCUT2D eigenvalue weighted by molar-refractivity contribution is 5.80. The van der Waals surface area contributed by atoms with Crippen LogP contribution >= 0.6 is 0 Å². The van der Waals surface area contributed by atoms with E-state index in [2.05, 4.69) is 76.1 Å². The highest BCUT2D eigenvalue weighted by atomic mass is 15.3. The standard InChI is InChI=1S/C19H41N5/c1-9-20-19(21-11-17(23(7)8)10-14(2)3)22-18-13-24(15(4)5)12-16(18)6/h14-18H,9-13H2,1-8H3,(H2,20,21,22). The van der Waals surface area contributed by atoms with Gasteiger partial charge in [-0.3, -0.25) is 9.89 Å². The number of hydrogen-bond acceptors (Lipinski definition) is 3. The molecule has 1 heterocycles. The lowest BCUT2D eigenvalue weighted by molar-refractivity contribution is 0.261. The van der Waals surface area contributed by atoms with Gasteiger partial charge in [0.15, 0.2) is 5.96 Å². The summed E-state index contributed by atoms with van der Waals surface area (Å²) in [6.45, 7) is 17.6. The minimum absolute atomic E-state index is 0.480. The lowest BCUT2D eigenvalue weighted by atomic mass is 10.0. The second-order valence-corrected chi connectivity index (χ2v) is 8.24. The molecule has 0 saturated carbocycles. The minimum atomic E-state index is 0.480. The molecule has 0 aliphatic carbocycles. The van der Waals surface area contributed by atoms with Crippen molar-refractivity contribution in [3.63, 3.8) is 0 Å². The molecule has 142 valence electrons. The number of likely N-dealkylation sites (tertiary alicyclic amines) is 1. The Kier molecular flexibility index (Phi) is 9.06. The van der Waals surface area contributed by atoms with E-state index in [9.17, 15) is 0 Å². The summed E-state index contributed by atoms with van der Waals surface area (Å²) in [6, 6.07) is 1.59. The van der Waals surface area contributed by atoms with Crippen LogP contribution in [0.1, 0.15) is 48.0 Å². The van der Waals surface area contributed by atoms with E-state index < -0.39 is 0 Å². The molecule has 5 nitrogen and oxygen atoms in total. The van der Waals surface area contributed by atoms with Gasteiger partial charge < -0.3 is 15.5 Å². The summed E-state index contributed by atoms with van der Waals surface area (Å²) in [5.41, 5.74) is 0. The molecule has 1 saturated heterocycles. The summed E-state index contributed by atoms with van der Waals surface area (Å²) < 4.78 is 0. The van der Waals surface area contributed by atoms with Crippen molar-refractivity contribution in [1.29, 1.82) is 0 Å². The third-order valence-corrected chi connectivity index (χ3v) is 4.97. The third kappa shape index (κ3) is 6.98. The first-order valence-electron chi connectivity index (χ1n) is 9.69. The quantitative estimate of drug-likeness (QED) is 0.526. The molecule has 1 fully saturated rings. The second kappa shape index (κ2) is 10.2. The largest absolute Gasteiger partial charge is 0.357 e. The molecular weight excluding hydrogens is 298 g/mol. The van der Waals surface area contributed by atoms with Crippen molar-refractivity contribution < 1.29 is 0 Å². The molecule has 3 unspecified atom stereocenters. The summed E-state index contributed by atoms with van der Waals surface area (Å²) >= 11 is 0. The predicted octanol–water partition coefficient (Wildman–Crippen LogP) is 2.25. The Morgan fingerprint density at radius 2 is 1.88 bits per heavy atom. The van der Waals surface area contributed by atoms with Gasteiger partial charge in [-0.2, -0.15) is 0 Å². The maximum absolute atomic E-state index is 4.89. The van der Waals surface area contributed by atoms with Gasteiger partial charge in [0.25, 0.3) is 0 Å². The molecule has 24 heavy (non-hydrogen) atoms. The smallest absolute Gasteiger partial charge is 0.191 e. The molecule has 0 aromatic heterocycles. The average Bonchev–Trinajstić information content (AvgIpc) is 2.84. The third-order valence-electron chi connectivity index (χ3n) is 4.97. The van der Waals surface area contributed by atoms with Crippen LogP contribution in [0, 0.1) is 11.8 Å². The van der Waals surface area contributed by atoms with Crippen LogP contribution in [0.3, 0.4) is 0 Å². The number of aliphatic imine (C=N–C) groups is 1. The molecule has 2 N–H and O–H groups in total. The number of nitrogens with zero attached hydrogens (tertiary/aromatic N) is 3. The van der Waals surface area contributed by atoms with Crippen molar-refractivity contribution in [2.75, 3.05) is 40.3 Å². The number of likely N-dealkylation sites (N-methyl/N-ethyl adjacent to an activating group) is 1. The fourth-order valence-corrected chi connectivity index (χ4v) is 3.30. The predicted molar refractivity (Wildman–Crippen MR) is 106 cm³/mol. The van der Waals surface area contributed by atoms with E-state index >= 15 is 0 Å². The molecule has 5 heteroatoms. The molecule has 0 amide bonds. The highest BCUT2D eigenvalue weighted by Gasteiger charge is 2.31. The highest BCUT2D eigenvalue weighted by Crippen LogP contribution is 2.18. The molecule has 0 spiro atoms. The van der Waals surface area contributed by atoms with E-state index in [0.717, 1.165) is 25.6 Å². The summed E-state index contributed by atoms with van der Waals surface area (Å²) in [6.07, 6.45) is 1.18. The first-order valence-corrected chi connectivity index (χ1v) is 9.69. The zero-order chi connectivity index (χ0) is 18.3. The fourth-order valence-electron chi connectivity index (χ4n) is 3.30. The first-order chi connectivity index (χ1) is 11.2. The van der Waals surface area contributed by atoms with E-state index in [1.54, 1.807) is 0 Å². The monoisotopic (exact) mass is 339 g/mol. The maximum atomic E-state index is 4.89. The number of hydrogen-bond donors (Lipinski definition) is 2. The molecule has 0 bridgehead atoms. The van der Waals surface area contributed by atoms with Gasteiger partial charge in [-0.05, 0) is 53.1 Å². The maximum Gasteiger partial charge on any atom is 0.191 e. The van der Waals surface area contributed by atoms with Gasteiger partial charge in [-0.1, -0.05) is 20.8 Å². The van der Waals surface area contributed by atoms with Crippen LogP contribution in [0.5, 0.6) is 0 Å². The average molecular weight is 340 g/mol. The minimum Gasteiger partial charge on any atom is -0.357 e. The van der Waals surface area contributed by atoms with Gasteiger partial charge in [0.1, 0.15) is 0 Å². The molecule has 0 radical (unpaired) electrons. The molecule has 1 aliphatic rings. The Balaban J connectivity index is 2.68. The molecule has 3 atom stereocenters. The normalized spacial score (nSPS) is 24.2. The summed E-state index contributed by atoms with van der Waals surface area (Å²) in [4.78, 5) is 9.74. The zero-order valence-corrected chi connectivity index (χ0v) is 17.3. The van der Waals surface area contributed by atoms with Crippen molar-refractivity contribution in [1.82, 2.24) is 20.4 Å². The molecule has 0 aromatic rings. The molecule has 0 aromatic carbocycles. The second-order valence-electron chi connectivity index (χ2n) is 8.24. The zero-order valence-electron chi connectivity index (χ0n) is 17.3. The van der Waals surface area contributed by atoms with Crippen LogP contribution in [0.25, 0.3) is 0 Å². The van der Waals surface area contributed by atoms with Crippen molar-refractivity contribution in [3.05, 3.63) is 0 Å². The summed E-state index contributed by atoms with van der Waals surface area (Å²) in [5.74, 6) is 2.31. The van der Waals surface area contributed by atoms with E-state index in [-0.39, 0.29) is 0 Å². The van der Waals surface area contributed by atoms with Gasteiger partial charge >= 0.3 is 0 Å². The van der Waals surface area contributed by atoms with Crippen LogP contribution in [-0.4, -0.2) is 74.2 Å². The van der Waals surface area contributed by atoms with Gasteiger partial charge in [0.2, 0.25) is 0 Å². The Morgan fingerprint density at radius 1 is 1.21 bits per heavy atom. The number of nitrogens with one attached hydrogen (secondary N) is 2. The van der Waals surface area contributed by atoms with Gasteiger partial charge in [-0.25, -0.2) is 0 Å². The lowest BCUT2D eigenvalue weighted by Gasteiger charge is -2.26. The van der Waals surface area contributed by atoms with Crippen LogP contribution < -0.4 is 10.6 Å². The Labute approximate surface area is 150 Å². The molecular formula is C19H41N5. The van der Waals surface area contributed by atoms with Crippen molar-refractivity contribution in [3.8, 4) is 0 Å². The summed E-state index contributed by atoms with van der Waals surface area (Å²) in [7, 11) is 4.31. The Bertz CT molecular complexity index is 378. The molecule has 1 aliphatic heterocycles. The first kappa shape index (κ1) is 21.2. The van der Waals surface area contributed by atoms with Crippen molar-refractivity contribution in [2.24, 2.45) is 16.8 Å². The van der Waals surface area contributed by atoms with Crippen LogP contribution in [0.15, 0.2) is 4.99 Å². The van der Waals surface area contributed by atoms with Crippen molar-refractivity contribution in [2.45, 2.75) is 66.1 Å². The van der Waals surface area contributed by atoms with E-state index in [0.29, 0.717) is 30.0 Å². The topological polar surface area (TPSA) is 42.9 Å². The number of rotatable bonds is 8. The lowest BCUT2D eigenvalue weighted by Crippen LogP contribution is -2.47. The number of guanidine groups is 1. The van der Waals surface area contributed by atoms with Crippen molar-refractivity contribution >= 4 is 5.96 Å². The van der Waals surface area contributed by atoms with Crippen LogP contribution in [-0.2, 0) is 0 Å². The fraction of sp³-hybridized carbons (Fsp3) is 0.947. The van der Waals surface area contributed by atoms with E-state index in [1.807, 2.05) is 0 Å². The van der Waals surface area contributed by atoms with Crippen LogP contribution in [0.2, 0.25) is 0 Å².